The molecule has 1 aliphatic heterocycles. The van der Waals surface area contributed by atoms with E-state index in [1.54, 1.807) is 6.92 Å². The highest BCUT2D eigenvalue weighted by Crippen LogP contribution is 2.32. The summed E-state index contributed by atoms with van der Waals surface area (Å²) >= 11 is 0. The van der Waals surface area contributed by atoms with Gasteiger partial charge in [-0.2, -0.15) is 0 Å². The van der Waals surface area contributed by atoms with Crippen LogP contribution in [0.25, 0.3) is 11.1 Å². The van der Waals surface area contributed by atoms with E-state index < -0.39 is 0 Å². The van der Waals surface area contributed by atoms with Crippen molar-refractivity contribution in [3.05, 3.63) is 71.5 Å². The van der Waals surface area contributed by atoms with Crippen molar-refractivity contribution in [2.24, 2.45) is 5.73 Å². The molecule has 0 spiro atoms. The number of aryl methyl sites for hydroxylation is 1. The number of amides is 2. The van der Waals surface area contributed by atoms with Crippen LogP contribution in [0.1, 0.15) is 45.6 Å². The smallest absolute Gasteiger partial charge is 0.223 e. The molecule has 2 amide bonds. The average Bonchev–Trinajstić information content (AvgIpc) is 2.75. The monoisotopic (exact) mass is 417 g/mol. The van der Waals surface area contributed by atoms with E-state index in [1.165, 1.54) is 18.1 Å². The third kappa shape index (κ3) is 5.85. The molecule has 3 N–H and O–H groups in total. The molecule has 0 fully saturated rings. The number of rotatable bonds is 2. The summed E-state index contributed by atoms with van der Waals surface area (Å²) in [5, 5.41) is 2.81. The minimum Gasteiger partial charge on any atom is -0.399 e. The number of carbonyl (C=O) groups is 2. The van der Waals surface area contributed by atoms with Crippen LogP contribution in [0.3, 0.4) is 0 Å². The normalized spacial score (nSPS) is 15.0. The quantitative estimate of drug-likeness (QED) is 0.707. The number of nitrogens with zero attached hydrogens (tertiary/aromatic N) is 1. The second kappa shape index (κ2) is 10.1. The van der Waals surface area contributed by atoms with E-state index >= 15 is 0 Å². The number of hydrogen-bond acceptors (Lipinski definition) is 3. The number of benzene rings is 2. The summed E-state index contributed by atoms with van der Waals surface area (Å²) in [6.07, 6.45) is 8.50. The van der Waals surface area contributed by atoms with Crippen LogP contribution in [-0.2, 0) is 16.0 Å². The zero-order valence-corrected chi connectivity index (χ0v) is 18.6. The molecular weight excluding hydrogens is 386 g/mol. The lowest BCUT2D eigenvalue weighted by Crippen LogP contribution is -2.33. The number of hydrogen-bond donors (Lipinski definition) is 2. The molecular formula is C26H31N3O2. The highest BCUT2D eigenvalue weighted by molar-refractivity contribution is 5.93. The molecule has 1 aliphatic carbocycles. The van der Waals surface area contributed by atoms with Gasteiger partial charge in [0.2, 0.25) is 11.8 Å². The SMILES string of the molecule is CC(=O)Nc1cccc(-c2ccc3c(c2)CCCN3C(C)=O)c1.CC1=CCCC=C1N. The zero-order chi connectivity index (χ0) is 22.4. The molecule has 2 aliphatic rings. The lowest BCUT2D eigenvalue weighted by Gasteiger charge is -2.29. The van der Waals surface area contributed by atoms with Crippen molar-refractivity contribution in [3.8, 4) is 11.1 Å². The Bertz CT molecular complexity index is 1020. The Kier molecular flexibility index (Phi) is 7.29. The van der Waals surface area contributed by atoms with E-state index in [0.29, 0.717) is 0 Å². The highest BCUT2D eigenvalue weighted by Gasteiger charge is 2.20. The topological polar surface area (TPSA) is 75.4 Å². The van der Waals surface area contributed by atoms with Gasteiger partial charge in [0.25, 0.3) is 0 Å². The van der Waals surface area contributed by atoms with Crippen LogP contribution < -0.4 is 16.0 Å². The zero-order valence-electron chi connectivity index (χ0n) is 18.6. The molecule has 0 saturated heterocycles. The third-order valence-corrected chi connectivity index (χ3v) is 5.53. The molecule has 4 rings (SSSR count). The Hall–Kier alpha value is -3.34. The van der Waals surface area contributed by atoms with Crippen molar-refractivity contribution >= 4 is 23.2 Å². The fourth-order valence-corrected chi connectivity index (χ4v) is 3.90. The van der Waals surface area contributed by atoms with Gasteiger partial charge < -0.3 is 16.0 Å². The lowest BCUT2D eigenvalue weighted by molar-refractivity contribution is -0.116. The van der Waals surface area contributed by atoms with Crippen molar-refractivity contribution in [1.82, 2.24) is 0 Å². The molecule has 2 aromatic rings. The highest BCUT2D eigenvalue weighted by atomic mass is 16.2. The van der Waals surface area contributed by atoms with Gasteiger partial charge in [-0.25, -0.2) is 0 Å². The molecule has 0 bridgehead atoms. The summed E-state index contributed by atoms with van der Waals surface area (Å²) < 4.78 is 0. The molecule has 1 heterocycles. The van der Waals surface area contributed by atoms with Crippen molar-refractivity contribution < 1.29 is 9.59 Å². The Morgan fingerprint density at radius 1 is 1.00 bits per heavy atom. The predicted octanol–water partition coefficient (Wildman–Crippen LogP) is 5.18. The van der Waals surface area contributed by atoms with Gasteiger partial charge in [-0.3, -0.25) is 9.59 Å². The fourth-order valence-electron chi connectivity index (χ4n) is 3.90. The first-order valence-electron chi connectivity index (χ1n) is 10.8. The van der Waals surface area contributed by atoms with Crippen LogP contribution in [-0.4, -0.2) is 18.4 Å². The minimum absolute atomic E-state index is 0.0790. The van der Waals surface area contributed by atoms with Gasteiger partial charge >= 0.3 is 0 Å². The van der Waals surface area contributed by atoms with E-state index in [4.69, 9.17) is 5.73 Å². The van der Waals surface area contributed by atoms with Crippen LogP contribution in [0, 0.1) is 0 Å². The summed E-state index contributed by atoms with van der Waals surface area (Å²) in [6, 6.07) is 14.0. The van der Waals surface area contributed by atoms with Gasteiger partial charge in [0.05, 0.1) is 0 Å². The first-order valence-corrected chi connectivity index (χ1v) is 10.8. The largest absolute Gasteiger partial charge is 0.399 e. The summed E-state index contributed by atoms with van der Waals surface area (Å²) in [5.41, 5.74) is 12.9. The third-order valence-electron chi connectivity index (χ3n) is 5.53. The van der Waals surface area contributed by atoms with Gasteiger partial charge in [0.15, 0.2) is 0 Å². The molecule has 0 radical (unpaired) electrons. The van der Waals surface area contributed by atoms with E-state index in [1.807, 2.05) is 48.2 Å². The molecule has 0 aromatic heterocycles. The number of nitrogens with two attached hydrogens (primary N) is 1. The molecule has 162 valence electrons. The van der Waals surface area contributed by atoms with E-state index in [2.05, 4.69) is 23.5 Å². The molecule has 2 aromatic carbocycles. The standard InChI is InChI=1S/C19H20N2O2.C7H11N/c1-13(22)20-18-7-3-5-15(12-18)16-8-9-19-17(11-16)6-4-10-21(19)14(2)23;1-6-4-2-3-5-7(6)8/h3,5,7-9,11-12H,4,6,10H2,1-2H3,(H,20,22);4-5H,2-3,8H2,1H3. The van der Waals surface area contributed by atoms with Crippen molar-refractivity contribution in [3.63, 3.8) is 0 Å². The van der Waals surface area contributed by atoms with E-state index in [9.17, 15) is 9.59 Å². The maximum absolute atomic E-state index is 11.7. The van der Waals surface area contributed by atoms with Gasteiger partial charge in [-0.1, -0.05) is 30.4 Å². The van der Waals surface area contributed by atoms with E-state index in [0.717, 1.165) is 60.4 Å². The fraction of sp³-hybridized carbons (Fsp3) is 0.308. The van der Waals surface area contributed by atoms with E-state index in [-0.39, 0.29) is 11.8 Å². The number of allylic oxidation sites excluding steroid dienone is 3. The Morgan fingerprint density at radius 3 is 2.39 bits per heavy atom. The van der Waals surface area contributed by atoms with Crippen LogP contribution in [0.15, 0.2) is 65.9 Å². The maximum atomic E-state index is 11.7. The predicted molar refractivity (Wildman–Crippen MR) is 128 cm³/mol. The molecule has 5 nitrogen and oxygen atoms in total. The summed E-state index contributed by atoms with van der Waals surface area (Å²) in [6.45, 7) is 5.95. The molecule has 31 heavy (non-hydrogen) atoms. The van der Waals surface area contributed by atoms with Gasteiger partial charge in [-0.15, -0.1) is 0 Å². The second-order valence-electron chi connectivity index (χ2n) is 8.00. The molecule has 5 heteroatoms. The van der Waals surface area contributed by atoms with Gasteiger partial charge in [0.1, 0.15) is 0 Å². The van der Waals surface area contributed by atoms with Crippen molar-refractivity contribution in [2.45, 2.75) is 46.5 Å². The van der Waals surface area contributed by atoms with Gasteiger partial charge in [-0.05, 0) is 79.1 Å². The first-order chi connectivity index (χ1) is 14.8. The van der Waals surface area contributed by atoms with Crippen LogP contribution in [0.2, 0.25) is 0 Å². The minimum atomic E-state index is -0.0790. The van der Waals surface area contributed by atoms with Crippen molar-refractivity contribution in [2.75, 3.05) is 16.8 Å². The van der Waals surface area contributed by atoms with Crippen LogP contribution >= 0.6 is 0 Å². The first kappa shape index (κ1) is 22.3. The summed E-state index contributed by atoms with van der Waals surface area (Å²) in [4.78, 5) is 24.8. The number of anilines is 2. The average molecular weight is 418 g/mol. The second-order valence-corrected chi connectivity index (χ2v) is 8.00. The number of nitrogens with one attached hydrogen (secondary N) is 1. The summed E-state index contributed by atoms with van der Waals surface area (Å²) in [5.74, 6) is 0.0102. The lowest BCUT2D eigenvalue weighted by atomic mass is 9.96. The molecule has 0 atom stereocenters. The maximum Gasteiger partial charge on any atom is 0.223 e. The molecule has 0 unspecified atom stereocenters. The Labute approximate surface area is 184 Å². The van der Waals surface area contributed by atoms with Gasteiger partial charge in [0, 0.05) is 37.5 Å². The molecule has 0 saturated carbocycles. The summed E-state index contributed by atoms with van der Waals surface area (Å²) in [7, 11) is 0. The Balaban J connectivity index is 0.000000287. The number of carbonyl (C=O) groups excluding carboxylic acids is 2. The van der Waals surface area contributed by atoms with Crippen LogP contribution in [0.4, 0.5) is 11.4 Å². The Morgan fingerprint density at radius 2 is 1.74 bits per heavy atom. The number of fused-ring (bicyclic) bond motifs is 1. The van der Waals surface area contributed by atoms with Crippen LogP contribution in [0.5, 0.6) is 0 Å². The van der Waals surface area contributed by atoms with Crippen molar-refractivity contribution in [1.29, 1.82) is 0 Å².